The van der Waals surface area contributed by atoms with Gasteiger partial charge in [0.1, 0.15) is 4.88 Å². The molecule has 0 saturated carbocycles. The second kappa shape index (κ2) is 5.26. The first-order valence-electron chi connectivity index (χ1n) is 5.95. The van der Waals surface area contributed by atoms with Crippen molar-refractivity contribution in [3.63, 3.8) is 0 Å². The topological polar surface area (TPSA) is 69.8 Å². The van der Waals surface area contributed by atoms with E-state index in [9.17, 15) is 9.90 Å². The van der Waals surface area contributed by atoms with Crippen molar-refractivity contribution in [2.45, 2.75) is 18.6 Å². The van der Waals surface area contributed by atoms with E-state index in [0.29, 0.717) is 23.5 Å². The zero-order valence-electron chi connectivity index (χ0n) is 10.7. The fourth-order valence-corrected chi connectivity index (χ4v) is 3.13. The highest BCUT2D eigenvalue weighted by molar-refractivity contribution is 7.12. The number of likely N-dealkylation sites (N-methyl/N-ethyl adjacent to an activating group) is 1. The van der Waals surface area contributed by atoms with Crippen LogP contribution in [-0.4, -0.2) is 60.1 Å². The molecule has 0 bridgehead atoms. The Morgan fingerprint density at radius 1 is 1.67 bits per heavy atom. The first-order chi connectivity index (χ1) is 8.49. The van der Waals surface area contributed by atoms with Crippen molar-refractivity contribution in [3.05, 3.63) is 16.3 Å². The van der Waals surface area contributed by atoms with Crippen LogP contribution in [0.5, 0.6) is 0 Å². The van der Waals surface area contributed by atoms with Gasteiger partial charge in [0.2, 0.25) is 0 Å². The Morgan fingerprint density at radius 2 is 2.39 bits per heavy atom. The lowest BCUT2D eigenvalue weighted by molar-refractivity contribution is 0.0705. The maximum atomic E-state index is 12.4. The zero-order valence-corrected chi connectivity index (χ0v) is 11.5. The number of hydrogen-bond donors (Lipinski definition) is 2. The maximum absolute atomic E-state index is 12.4. The van der Waals surface area contributed by atoms with Crippen LogP contribution in [0.4, 0.5) is 5.69 Å². The van der Waals surface area contributed by atoms with Gasteiger partial charge in [-0.15, -0.1) is 11.3 Å². The minimum absolute atomic E-state index is 0.0593. The van der Waals surface area contributed by atoms with Gasteiger partial charge < -0.3 is 20.6 Å². The average molecular weight is 269 g/mol. The molecule has 2 rings (SSSR count). The van der Waals surface area contributed by atoms with Crippen LogP contribution >= 0.6 is 11.3 Å². The van der Waals surface area contributed by atoms with Crippen molar-refractivity contribution in [3.8, 4) is 0 Å². The summed E-state index contributed by atoms with van der Waals surface area (Å²) in [6.45, 7) is 1.16. The van der Waals surface area contributed by atoms with Gasteiger partial charge in [0.05, 0.1) is 11.8 Å². The zero-order chi connectivity index (χ0) is 13.3. The van der Waals surface area contributed by atoms with Gasteiger partial charge in [0, 0.05) is 19.1 Å². The monoisotopic (exact) mass is 269 g/mol. The molecule has 0 aliphatic carbocycles. The normalized spacial score (nSPS) is 23.9. The lowest BCUT2D eigenvalue weighted by atomic mass is 10.2. The number of aliphatic hydroxyl groups is 1. The number of hydrogen-bond acceptors (Lipinski definition) is 5. The van der Waals surface area contributed by atoms with Crippen molar-refractivity contribution in [1.29, 1.82) is 0 Å². The summed E-state index contributed by atoms with van der Waals surface area (Å²) in [5.41, 5.74) is 6.30. The van der Waals surface area contributed by atoms with E-state index in [4.69, 9.17) is 5.73 Å². The molecule has 0 aromatic carbocycles. The van der Waals surface area contributed by atoms with Crippen molar-refractivity contribution in [2.24, 2.45) is 0 Å². The highest BCUT2D eigenvalue weighted by atomic mass is 32.1. The smallest absolute Gasteiger partial charge is 0.266 e. The molecule has 1 aromatic rings. The molecular weight excluding hydrogens is 250 g/mol. The molecule has 0 radical (unpaired) electrons. The van der Waals surface area contributed by atoms with Gasteiger partial charge in [-0.25, -0.2) is 0 Å². The van der Waals surface area contributed by atoms with E-state index in [-0.39, 0.29) is 11.9 Å². The van der Waals surface area contributed by atoms with Crippen molar-refractivity contribution >= 4 is 22.9 Å². The number of β-amino-alcohol motifs (C(OH)–C–C–N with tert-alkyl or cyclic N) is 1. The molecule has 1 aliphatic rings. The molecule has 2 unspecified atom stereocenters. The van der Waals surface area contributed by atoms with E-state index in [1.807, 2.05) is 24.4 Å². The number of thiophene rings is 1. The fraction of sp³-hybridized carbons (Fsp3) is 0.583. The number of likely N-dealkylation sites (tertiary alicyclic amines) is 1. The third-order valence-corrected chi connectivity index (χ3v) is 4.04. The van der Waals surface area contributed by atoms with Crippen molar-refractivity contribution < 1.29 is 9.90 Å². The van der Waals surface area contributed by atoms with Gasteiger partial charge in [-0.3, -0.25) is 4.79 Å². The van der Waals surface area contributed by atoms with Gasteiger partial charge in [0.25, 0.3) is 5.91 Å². The molecule has 5 nitrogen and oxygen atoms in total. The van der Waals surface area contributed by atoms with Gasteiger partial charge in [-0.05, 0) is 32.0 Å². The molecular formula is C12H19N3O2S. The molecule has 1 saturated heterocycles. The van der Waals surface area contributed by atoms with E-state index in [1.54, 1.807) is 11.0 Å². The first kappa shape index (κ1) is 13.3. The van der Waals surface area contributed by atoms with Crippen LogP contribution in [0.15, 0.2) is 11.4 Å². The SMILES string of the molecule is CN(C)CC1CC(O)CN1C(=O)c1sccc1N. The van der Waals surface area contributed by atoms with Crippen LogP contribution in [0, 0.1) is 0 Å². The summed E-state index contributed by atoms with van der Waals surface area (Å²) in [6.07, 6.45) is 0.204. The Hall–Kier alpha value is -1.11. The Bertz CT molecular complexity index is 433. The summed E-state index contributed by atoms with van der Waals surface area (Å²) >= 11 is 1.36. The molecule has 2 atom stereocenters. The Kier molecular flexibility index (Phi) is 3.89. The fourth-order valence-electron chi connectivity index (χ4n) is 2.36. The lowest BCUT2D eigenvalue weighted by Gasteiger charge is -2.26. The van der Waals surface area contributed by atoms with E-state index >= 15 is 0 Å². The first-order valence-corrected chi connectivity index (χ1v) is 6.83. The number of aliphatic hydroxyl groups excluding tert-OH is 1. The summed E-state index contributed by atoms with van der Waals surface area (Å²) in [7, 11) is 3.93. The largest absolute Gasteiger partial charge is 0.397 e. The van der Waals surface area contributed by atoms with Crippen molar-refractivity contribution in [1.82, 2.24) is 9.80 Å². The molecule has 2 heterocycles. The Labute approximate surface area is 111 Å². The quantitative estimate of drug-likeness (QED) is 0.837. The average Bonchev–Trinajstić information content (AvgIpc) is 2.83. The van der Waals surface area contributed by atoms with Crippen LogP contribution in [-0.2, 0) is 0 Å². The standard InChI is InChI=1S/C12H19N3O2S/c1-14(2)6-8-5-9(16)7-15(8)12(17)11-10(13)3-4-18-11/h3-4,8-9,16H,5-7,13H2,1-2H3. The number of nitrogens with two attached hydrogens (primary N) is 1. The van der Waals surface area contributed by atoms with E-state index < -0.39 is 6.10 Å². The number of rotatable bonds is 3. The summed E-state index contributed by atoms with van der Waals surface area (Å²) in [5, 5.41) is 11.6. The van der Waals surface area contributed by atoms with E-state index in [2.05, 4.69) is 0 Å². The molecule has 1 amide bonds. The maximum Gasteiger partial charge on any atom is 0.266 e. The van der Waals surface area contributed by atoms with Gasteiger partial charge in [-0.1, -0.05) is 0 Å². The minimum Gasteiger partial charge on any atom is -0.397 e. The molecule has 1 fully saturated rings. The number of anilines is 1. The third kappa shape index (κ3) is 2.66. The van der Waals surface area contributed by atoms with Crippen LogP contribution in [0.25, 0.3) is 0 Å². The van der Waals surface area contributed by atoms with Gasteiger partial charge in [-0.2, -0.15) is 0 Å². The second-order valence-electron chi connectivity index (χ2n) is 4.97. The minimum atomic E-state index is -0.430. The predicted octanol–water partition coefficient (Wildman–Crippen LogP) is 0.467. The van der Waals surface area contributed by atoms with E-state index in [1.165, 1.54) is 11.3 Å². The highest BCUT2D eigenvalue weighted by Crippen LogP contribution is 2.26. The molecule has 6 heteroatoms. The predicted molar refractivity (Wildman–Crippen MR) is 72.7 cm³/mol. The summed E-state index contributed by atoms with van der Waals surface area (Å²) < 4.78 is 0. The Balaban J connectivity index is 2.15. The molecule has 0 spiro atoms. The van der Waals surface area contributed by atoms with Gasteiger partial charge in [0.15, 0.2) is 0 Å². The number of nitrogen functional groups attached to an aromatic ring is 1. The van der Waals surface area contributed by atoms with E-state index in [0.717, 1.165) is 6.54 Å². The lowest BCUT2D eigenvalue weighted by Crippen LogP contribution is -2.41. The second-order valence-corrected chi connectivity index (χ2v) is 5.88. The molecule has 100 valence electrons. The molecule has 1 aromatic heterocycles. The number of nitrogens with zero attached hydrogens (tertiary/aromatic N) is 2. The summed E-state index contributed by atoms with van der Waals surface area (Å²) in [5.74, 6) is -0.0640. The summed E-state index contributed by atoms with van der Waals surface area (Å²) in [6, 6.07) is 1.80. The van der Waals surface area contributed by atoms with Crippen LogP contribution in [0.3, 0.4) is 0 Å². The Morgan fingerprint density at radius 3 is 2.94 bits per heavy atom. The van der Waals surface area contributed by atoms with Crippen LogP contribution in [0.2, 0.25) is 0 Å². The van der Waals surface area contributed by atoms with Crippen molar-refractivity contribution in [2.75, 3.05) is 32.9 Å². The van der Waals surface area contributed by atoms with Crippen LogP contribution in [0.1, 0.15) is 16.1 Å². The molecule has 1 aliphatic heterocycles. The molecule has 18 heavy (non-hydrogen) atoms. The highest BCUT2D eigenvalue weighted by Gasteiger charge is 2.35. The van der Waals surface area contributed by atoms with Gasteiger partial charge >= 0.3 is 0 Å². The number of amides is 1. The number of carbonyl (C=O) groups excluding carboxylic acids is 1. The molecule has 3 N–H and O–H groups in total. The number of carbonyl (C=O) groups is 1. The summed E-state index contributed by atoms with van der Waals surface area (Å²) in [4.78, 5) is 16.7. The van der Waals surface area contributed by atoms with Crippen LogP contribution < -0.4 is 5.73 Å². The third-order valence-electron chi connectivity index (χ3n) is 3.12.